The van der Waals surface area contributed by atoms with Crippen molar-refractivity contribution in [3.05, 3.63) is 107 Å². The predicted octanol–water partition coefficient (Wildman–Crippen LogP) is 6.64. The van der Waals surface area contributed by atoms with E-state index in [1.807, 2.05) is 62.4 Å². The van der Waals surface area contributed by atoms with Gasteiger partial charge in [0.2, 0.25) is 35.6 Å². The van der Waals surface area contributed by atoms with Crippen LogP contribution in [0.2, 0.25) is 0 Å². The van der Waals surface area contributed by atoms with Crippen molar-refractivity contribution in [2.45, 2.75) is 104 Å². The van der Waals surface area contributed by atoms with Crippen LogP contribution in [-0.4, -0.2) is 143 Å². The minimum absolute atomic E-state index is 0.126. The van der Waals surface area contributed by atoms with Crippen molar-refractivity contribution in [3.63, 3.8) is 0 Å². The van der Waals surface area contributed by atoms with E-state index in [-0.39, 0.29) is 65.5 Å². The van der Waals surface area contributed by atoms with Gasteiger partial charge in [0.15, 0.2) is 0 Å². The lowest BCUT2D eigenvalue weighted by atomic mass is 10.1. The average Bonchev–Trinajstić information content (AvgIpc) is 3.68. The van der Waals surface area contributed by atoms with E-state index in [2.05, 4.69) is 72.4 Å². The van der Waals surface area contributed by atoms with E-state index in [0.29, 0.717) is 76.0 Å². The van der Waals surface area contributed by atoms with Crippen molar-refractivity contribution in [1.82, 2.24) is 51.2 Å². The maximum absolute atomic E-state index is 13.4. The summed E-state index contributed by atoms with van der Waals surface area (Å²) in [4.78, 5) is 99.6. The molecule has 12 bridgehead atoms. The monoisotopic (exact) mass is 1230 g/mol. The Morgan fingerprint density at radius 3 is 1.30 bits per heavy atom. The highest BCUT2D eigenvalue weighted by atomic mass is 16.5. The topological polar surface area (TPSA) is 361 Å². The number of nitrogens with zero attached hydrogens (tertiary/aromatic N) is 6. The van der Waals surface area contributed by atoms with Gasteiger partial charge in [0.1, 0.15) is 35.1 Å². The molecule has 0 spiro atoms. The molecule has 4 aliphatic rings. The zero-order valence-corrected chi connectivity index (χ0v) is 50.4. The fourth-order valence-electron chi connectivity index (χ4n) is 8.57. The number of carbonyl (C=O) groups excluding carboxylic acids is 5. The van der Waals surface area contributed by atoms with Gasteiger partial charge in [0, 0.05) is 63.5 Å². The number of carboxylic acid groups (broad SMARTS) is 1. The van der Waals surface area contributed by atoms with Crippen LogP contribution in [0.4, 0.5) is 35.2 Å². The van der Waals surface area contributed by atoms with E-state index in [1.165, 1.54) is 27.0 Å². The number of hydrogen-bond donors (Lipinski definition) is 9. The number of methoxy groups -OCH3 is 1. The summed E-state index contributed by atoms with van der Waals surface area (Å²) in [6.07, 6.45) is 6.93. The van der Waals surface area contributed by atoms with Crippen molar-refractivity contribution < 1.29 is 67.0 Å². The molecule has 0 saturated heterocycles. The smallest absolute Gasteiger partial charge is 0.330 e. The lowest BCUT2D eigenvalue weighted by Gasteiger charge is -2.19. The molecule has 4 aromatic carbocycles. The van der Waals surface area contributed by atoms with E-state index in [0.717, 1.165) is 74.0 Å². The van der Waals surface area contributed by atoms with Crippen molar-refractivity contribution in [2.75, 3.05) is 81.1 Å². The average molecular weight is 1230 g/mol. The summed E-state index contributed by atoms with van der Waals surface area (Å²) in [6.45, 7) is 9.35. The van der Waals surface area contributed by atoms with Crippen LogP contribution in [0.1, 0.15) is 111 Å². The predicted molar refractivity (Wildman–Crippen MR) is 327 cm³/mol. The molecule has 28 heteroatoms. The Morgan fingerprint density at radius 1 is 0.517 bits per heavy atom. The maximum Gasteiger partial charge on any atom is 0.330 e. The number of rotatable bonds is 14. The molecule has 2 aromatic heterocycles. The van der Waals surface area contributed by atoms with Crippen LogP contribution >= 0.6 is 0 Å². The lowest BCUT2D eigenvalue weighted by molar-refractivity contribution is -0.143. The van der Waals surface area contributed by atoms with Crippen molar-refractivity contribution in [2.24, 2.45) is 0 Å². The SMILES string of the molecule is CCOc1nc2nc(n1)Nc1ccc(C(=O)N[C@@H](CNC(C)=O)C(=O)O)c(c1)OCCCCCCOc1ccc(cc1)CN2.CCOc1nc2nc(n1)Nc1ccc(C(=O)N[C@@H](CNC(C)=O)C(=O)OC)c(c1)OCCCCCCOc1ccc(cc1)CN2. The maximum atomic E-state index is 13.4. The van der Waals surface area contributed by atoms with Crippen LogP contribution in [0.5, 0.6) is 35.0 Å². The highest BCUT2D eigenvalue weighted by Gasteiger charge is 2.26. The van der Waals surface area contributed by atoms with E-state index in [9.17, 15) is 33.9 Å². The molecule has 10 rings (SSSR count). The lowest BCUT2D eigenvalue weighted by Crippen LogP contribution is -2.48. The first-order valence-corrected chi connectivity index (χ1v) is 29.3. The number of ether oxygens (including phenoxy) is 7. The van der Waals surface area contributed by atoms with Crippen molar-refractivity contribution >= 4 is 70.7 Å². The Kier molecular flexibility index (Phi) is 25.9. The van der Waals surface area contributed by atoms with Crippen LogP contribution in [0, 0.1) is 0 Å². The van der Waals surface area contributed by atoms with Gasteiger partial charge in [-0.15, -0.1) is 0 Å². The number of hydrogen-bond acceptors (Lipinski definition) is 23. The van der Waals surface area contributed by atoms with Gasteiger partial charge in [-0.3, -0.25) is 19.2 Å². The Labute approximate surface area is 514 Å². The number of anilines is 6. The van der Waals surface area contributed by atoms with Gasteiger partial charge in [-0.2, -0.15) is 29.9 Å². The van der Waals surface area contributed by atoms with Crippen molar-refractivity contribution in [1.29, 1.82) is 0 Å². The van der Waals surface area contributed by atoms with Gasteiger partial charge in [-0.05, 0) is 125 Å². The number of esters is 1. The fraction of sp³-hybridized carbons (Fsp3) is 0.410. The first-order chi connectivity index (χ1) is 43.1. The van der Waals surface area contributed by atoms with Crippen LogP contribution in [-0.2, 0) is 37.0 Å². The van der Waals surface area contributed by atoms with E-state index in [1.54, 1.807) is 30.3 Å². The largest absolute Gasteiger partial charge is 0.494 e. The molecule has 89 heavy (non-hydrogen) atoms. The standard InChI is InChI=1S/C31H39N7O7.C30H37N7O7/c1-4-43-31-37-29-33-18-21-9-12-23(13-10-21)44-15-7-5-6-8-16-45-26-17-22(34-30(36-29)38-31)11-14-24(26)27(40)35-25(28(41)42-3)19-32-20(2)39;1-3-42-30-36-28-32-17-20-8-11-22(12-9-20)43-14-6-4-5-7-15-44-25-16-21(33-29(35-28)37-30)10-13-23(25)26(39)34-24(27(40)41)18-31-19(2)38/h9-14,17,25H,4-8,15-16,18-19H2,1-3H3,(H,32,39)(H,35,40)(H2,33,34,36,37,38);8-13,16,24H,3-7,14-15,17-18H2,1-2H3,(H,31,38)(H,34,39)(H,40,41)(H2,32,33,35,36,37)/t25-;24-/m00/s1. The number of carboxylic acids is 1. The minimum atomic E-state index is -1.33. The molecular formula is C61H76N14O14. The second kappa shape index (κ2) is 34.8. The quantitative estimate of drug-likeness (QED) is 0.0516. The van der Waals surface area contributed by atoms with Gasteiger partial charge in [0.05, 0.1) is 57.9 Å². The molecule has 4 amide bonds. The molecule has 0 saturated carbocycles. The second-order valence-corrected chi connectivity index (χ2v) is 20.1. The zero-order valence-electron chi connectivity index (χ0n) is 50.4. The second-order valence-electron chi connectivity index (χ2n) is 20.1. The molecular weight excluding hydrogens is 1150 g/mol. The molecule has 0 aliphatic carbocycles. The van der Waals surface area contributed by atoms with E-state index < -0.39 is 41.7 Å². The Hall–Kier alpha value is -10.3. The number of carbonyl (C=O) groups is 6. The van der Waals surface area contributed by atoms with Gasteiger partial charge in [-0.1, -0.05) is 24.3 Å². The Morgan fingerprint density at radius 2 is 0.910 bits per heavy atom. The summed E-state index contributed by atoms with van der Waals surface area (Å²) in [5.74, 6) is -0.836. The molecule has 2 atom stereocenters. The Balaban J connectivity index is 0.000000254. The number of amides is 4. The Bertz CT molecular complexity index is 3320. The third kappa shape index (κ3) is 22.2. The molecule has 6 heterocycles. The number of fused-ring (bicyclic) bond motifs is 20. The molecule has 9 N–H and O–H groups in total. The molecule has 0 radical (unpaired) electrons. The first-order valence-electron chi connectivity index (χ1n) is 29.3. The van der Waals surface area contributed by atoms with E-state index in [4.69, 9.17) is 33.2 Å². The number of aromatic nitrogens is 6. The summed E-state index contributed by atoms with van der Waals surface area (Å²) in [6, 6.07) is 23.1. The van der Waals surface area contributed by atoms with Crippen LogP contribution in [0.3, 0.4) is 0 Å². The van der Waals surface area contributed by atoms with Gasteiger partial charge < -0.3 is 80.8 Å². The highest BCUT2D eigenvalue weighted by Crippen LogP contribution is 2.29. The summed E-state index contributed by atoms with van der Waals surface area (Å²) in [7, 11) is 1.21. The van der Waals surface area contributed by atoms with Gasteiger partial charge in [-0.25, -0.2) is 9.59 Å². The summed E-state index contributed by atoms with van der Waals surface area (Å²) >= 11 is 0. The summed E-state index contributed by atoms with van der Waals surface area (Å²) < 4.78 is 39.8. The van der Waals surface area contributed by atoms with Crippen LogP contribution in [0.15, 0.2) is 84.9 Å². The summed E-state index contributed by atoms with van der Waals surface area (Å²) in [5, 5.41) is 32.2. The highest BCUT2D eigenvalue weighted by molar-refractivity contribution is 6.00. The van der Waals surface area contributed by atoms with E-state index >= 15 is 0 Å². The third-order valence-corrected chi connectivity index (χ3v) is 13.1. The fourth-order valence-corrected chi connectivity index (χ4v) is 8.57. The number of aliphatic carboxylic acids is 1. The molecule has 28 nitrogen and oxygen atoms in total. The van der Waals surface area contributed by atoms with Crippen LogP contribution in [0.25, 0.3) is 0 Å². The van der Waals surface area contributed by atoms with Crippen molar-refractivity contribution in [3.8, 4) is 35.0 Å². The number of benzene rings is 4. The molecule has 474 valence electrons. The molecule has 4 aliphatic heterocycles. The zero-order chi connectivity index (χ0) is 63.3. The minimum Gasteiger partial charge on any atom is -0.494 e. The molecule has 0 fully saturated rings. The van der Waals surface area contributed by atoms with Gasteiger partial charge >= 0.3 is 24.0 Å². The summed E-state index contributed by atoms with van der Waals surface area (Å²) in [5.41, 5.74) is 3.41. The van der Waals surface area contributed by atoms with Crippen LogP contribution < -0.4 is 71.0 Å². The normalized spacial score (nSPS) is 14.2. The number of nitrogens with one attached hydrogen (secondary N) is 8. The van der Waals surface area contributed by atoms with Gasteiger partial charge in [0.25, 0.3) is 11.8 Å². The third-order valence-electron chi connectivity index (χ3n) is 13.1. The first kappa shape index (κ1) is 66.2. The molecule has 0 unspecified atom stereocenters. The molecule has 6 aromatic rings.